The lowest BCUT2D eigenvalue weighted by atomic mass is 10.2. The molecule has 19 heavy (non-hydrogen) atoms. The van der Waals surface area contributed by atoms with Crippen molar-refractivity contribution in [1.82, 2.24) is 9.55 Å². The van der Waals surface area contributed by atoms with Crippen LogP contribution in [0.5, 0.6) is 0 Å². The number of fused-ring (bicyclic) bond motifs is 1. The standard InChI is InChI=1S/C14H15BrClFN2/c1-8(9-2-3-9)19-13-6-10(15)11(17)7-12(13)18-14(19)4-5-16/h6-9H,2-5H2,1H3. The molecule has 1 unspecified atom stereocenters. The summed E-state index contributed by atoms with van der Waals surface area (Å²) >= 11 is 9.12. The molecule has 1 atom stereocenters. The maximum atomic E-state index is 13.6. The first-order chi connectivity index (χ1) is 9.11. The molecule has 0 bridgehead atoms. The molecule has 102 valence electrons. The Morgan fingerprint density at radius 2 is 2.26 bits per heavy atom. The summed E-state index contributed by atoms with van der Waals surface area (Å²) in [5.74, 6) is 1.94. The lowest BCUT2D eigenvalue weighted by molar-refractivity contribution is 0.481. The zero-order chi connectivity index (χ0) is 13.6. The number of aryl methyl sites for hydroxylation is 1. The first-order valence-electron chi connectivity index (χ1n) is 6.53. The molecule has 0 radical (unpaired) electrons. The van der Waals surface area contributed by atoms with Crippen LogP contribution in [0.3, 0.4) is 0 Å². The lowest BCUT2D eigenvalue weighted by Crippen LogP contribution is -2.11. The summed E-state index contributed by atoms with van der Waals surface area (Å²) in [5, 5.41) is 0. The van der Waals surface area contributed by atoms with E-state index in [1.807, 2.05) is 6.07 Å². The number of imidazole rings is 1. The highest BCUT2D eigenvalue weighted by molar-refractivity contribution is 9.10. The fourth-order valence-corrected chi connectivity index (χ4v) is 3.15. The van der Waals surface area contributed by atoms with Crippen LogP contribution in [0, 0.1) is 11.7 Å². The minimum atomic E-state index is -0.270. The maximum Gasteiger partial charge on any atom is 0.139 e. The third-order valence-corrected chi connectivity index (χ3v) is 4.63. The number of rotatable bonds is 4. The van der Waals surface area contributed by atoms with Crippen LogP contribution < -0.4 is 0 Å². The van der Waals surface area contributed by atoms with Gasteiger partial charge in [-0.1, -0.05) is 0 Å². The van der Waals surface area contributed by atoms with Crippen LogP contribution >= 0.6 is 27.5 Å². The smallest absolute Gasteiger partial charge is 0.139 e. The Balaban J connectivity index is 2.18. The van der Waals surface area contributed by atoms with E-state index in [1.54, 1.807) is 0 Å². The van der Waals surface area contributed by atoms with Gasteiger partial charge in [0.05, 0.1) is 15.5 Å². The first-order valence-corrected chi connectivity index (χ1v) is 7.86. The zero-order valence-electron chi connectivity index (χ0n) is 10.7. The minimum absolute atomic E-state index is 0.270. The van der Waals surface area contributed by atoms with E-state index in [4.69, 9.17) is 11.6 Å². The molecule has 2 aromatic rings. The van der Waals surface area contributed by atoms with Crippen molar-refractivity contribution in [3.63, 3.8) is 0 Å². The molecule has 0 spiro atoms. The average molecular weight is 346 g/mol. The van der Waals surface area contributed by atoms with Crippen LogP contribution in [0.2, 0.25) is 0 Å². The Morgan fingerprint density at radius 3 is 2.89 bits per heavy atom. The van der Waals surface area contributed by atoms with Gasteiger partial charge >= 0.3 is 0 Å². The van der Waals surface area contributed by atoms with Crippen molar-refractivity contribution in [2.24, 2.45) is 5.92 Å². The predicted molar refractivity (Wildman–Crippen MR) is 79.3 cm³/mol. The highest BCUT2D eigenvalue weighted by atomic mass is 79.9. The molecule has 0 aliphatic heterocycles. The summed E-state index contributed by atoms with van der Waals surface area (Å²) in [6, 6.07) is 3.72. The second-order valence-electron chi connectivity index (χ2n) is 5.17. The molecule has 2 nitrogen and oxygen atoms in total. The van der Waals surface area contributed by atoms with Crippen molar-refractivity contribution >= 4 is 38.6 Å². The molecule has 1 aliphatic carbocycles. The molecule has 1 aromatic carbocycles. The Bertz CT molecular complexity index is 621. The maximum absolute atomic E-state index is 13.6. The normalized spacial score (nSPS) is 17.1. The van der Waals surface area contributed by atoms with Crippen LogP contribution in [0.4, 0.5) is 4.39 Å². The van der Waals surface area contributed by atoms with Gasteiger partial charge in [-0.05, 0) is 47.7 Å². The van der Waals surface area contributed by atoms with Gasteiger partial charge in [0.2, 0.25) is 0 Å². The van der Waals surface area contributed by atoms with Crippen molar-refractivity contribution in [3.05, 3.63) is 28.2 Å². The number of benzene rings is 1. The van der Waals surface area contributed by atoms with Crippen LogP contribution in [0.25, 0.3) is 11.0 Å². The van der Waals surface area contributed by atoms with Gasteiger partial charge in [0.25, 0.3) is 0 Å². The number of nitrogens with zero attached hydrogens (tertiary/aromatic N) is 2. The van der Waals surface area contributed by atoms with Gasteiger partial charge in [-0.25, -0.2) is 9.37 Å². The highest BCUT2D eigenvalue weighted by Gasteiger charge is 2.31. The van der Waals surface area contributed by atoms with Crippen molar-refractivity contribution in [1.29, 1.82) is 0 Å². The van der Waals surface area contributed by atoms with E-state index in [2.05, 4.69) is 32.4 Å². The molecule has 1 heterocycles. The second kappa shape index (κ2) is 5.06. The quantitative estimate of drug-likeness (QED) is 0.735. The Kier molecular flexibility index (Phi) is 3.56. The molecule has 1 saturated carbocycles. The molecule has 1 aromatic heterocycles. The topological polar surface area (TPSA) is 17.8 Å². The van der Waals surface area contributed by atoms with E-state index in [9.17, 15) is 4.39 Å². The minimum Gasteiger partial charge on any atom is -0.325 e. The molecule has 0 saturated heterocycles. The number of aromatic nitrogens is 2. The van der Waals surface area contributed by atoms with E-state index >= 15 is 0 Å². The molecule has 0 amide bonds. The van der Waals surface area contributed by atoms with Gasteiger partial charge in [0.15, 0.2) is 0 Å². The van der Waals surface area contributed by atoms with E-state index in [-0.39, 0.29) is 5.82 Å². The number of hydrogen-bond acceptors (Lipinski definition) is 1. The molecule has 3 rings (SSSR count). The Hall–Kier alpha value is -0.610. The summed E-state index contributed by atoms with van der Waals surface area (Å²) in [4.78, 5) is 4.55. The summed E-state index contributed by atoms with van der Waals surface area (Å²) in [6.07, 6.45) is 3.25. The summed E-state index contributed by atoms with van der Waals surface area (Å²) < 4.78 is 16.3. The SMILES string of the molecule is CC(C1CC1)n1c(CCCl)nc2cc(F)c(Br)cc21. The van der Waals surface area contributed by atoms with Gasteiger partial charge in [-0.2, -0.15) is 0 Å². The fourth-order valence-electron chi connectivity index (χ4n) is 2.65. The Labute approximate surface area is 125 Å². The monoisotopic (exact) mass is 344 g/mol. The summed E-state index contributed by atoms with van der Waals surface area (Å²) in [7, 11) is 0. The van der Waals surface area contributed by atoms with Crippen molar-refractivity contribution in [3.8, 4) is 0 Å². The molecule has 0 N–H and O–H groups in total. The summed E-state index contributed by atoms with van der Waals surface area (Å²) in [6.45, 7) is 2.22. The predicted octanol–water partition coefficient (Wildman–Crippen LogP) is 4.69. The van der Waals surface area contributed by atoms with Crippen LogP contribution in [-0.4, -0.2) is 15.4 Å². The third-order valence-electron chi connectivity index (χ3n) is 3.83. The van der Waals surface area contributed by atoms with E-state index in [1.165, 1.54) is 18.9 Å². The van der Waals surface area contributed by atoms with E-state index < -0.39 is 0 Å². The van der Waals surface area contributed by atoms with E-state index in [0.29, 0.717) is 28.3 Å². The molecular weight excluding hydrogens is 331 g/mol. The van der Waals surface area contributed by atoms with Crippen molar-refractivity contribution in [2.75, 3.05) is 5.88 Å². The van der Waals surface area contributed by atoms with Gasteiger partial charge in [-0.15, -0.1) is 11.6 Å². The highest BCUT2D eigenvalue weighted by Crippen LogP contribution is 2.41. The first kappa shape index (κ1) is 13.4. The second-order valence-corrected chi connectivity index (χ2v) is 6.40. The zero-order valence-corrected chi connectivity index (χ0v) is 13.0. The van der Waals surface area contributed by atoms with Gasteiger partial charge in [0.1, 0.15) is 11.6 Å². The van der Waals surface area contributed by atoms with Crippen LogP contribution in [0.15, 0.2) is 16.6 Å². The molecule has 1 fully saturated rings. The number of hydrogen-bond donors (Lipinski definition) is 0. The van der Waals surface area contributed by atoms with E-state index in [0.717, 1.165) is 17.3 Å². The van der Waals surface area contributed by atoms with Crippen LogP contribution in [0.1, 0.15) is 31.6 Å². The summed E-state index contributed by atoms with van der Waals surface area (Å²) in [5.41, 5.74) is 1.71. The fraction of sp³-hybridized carbons (Fsp3) is 0.500. The van der Waals surface area contributed by atoms with Gasteiger partial charge in [0, 0.05) is 24.4 Å². The Morgan fingerprint density at radius 1 is 1.53 bits per heavy atom. The average Bonchev–Trinajstić information content (AvgIpc) is 3.15. The van der Waals surface area contributed by atoms with Crippen molar-refractivity contribution in [2.45, 2.75) is 32.2 Å². The lowest BCUT2D eigenvalue weighted by Gasteiger charge is -2.17. The number of alkyl halides is 1. The molecular formula is C14H15BrClFN2. The molecule has 1 aliphatic rings. The van der Waals surface area contributed by atoms with Crippen molar-refractivity contribution < 1.29 is 4.39 Å². The van der Waals surface area contributed by atoms with Gasteiger partial charge in [-0.3, -0.25) is 0 Å². The number of halogens is 3. The largest absolute Gasteiger partial charge is 0.325 e. The molecule has 5 heteroatoms. The van der Waals surface area contributed by atoms with Crippen LogP contribution in [-0.2, 0) is 6.42 Å². The third kappa shape index (κ3) is 2.40. The van der Waals surface area contributed by atoms with Gasteiger partial charge < -0.3 is 4.57 Å².